The van der Waals surface area contributed by atoms with Gasteiger partial charge in [-0.3, -0.25) is 9.52 Å². The number of halogens is 3. The van der Waals surface area contributed by atoms with E-state index in [9.17, 15) is 13.4 Å². The van der Waals surface area contributed by atoms with E-state index in [1.165, 1.54) is 11.6 Å². The van der Waals surface area contributed by atoms with Gasteiger partial charge in [-0.05, 0) is 97.2 Å². The Labute approximate surface area is 266 Å². The number of fused-ring (bicyclic) bond motifs is 4. The molecule has 3 aliphatic heterocycles. The number of hydrogen-bond acceptors (Lipinski definition) is 5. The molecule has 4 bridgehead atoms. The van der Waals surface area contributed by atoms with Gasteiger partial charge < -0.3 is 14.4 Å². The quantitative estimate of drug-likeness (QED) is 0.287. The van der Waals surface area contributed by atoms with Gasteiger partial charge in [0.05, 0.1) is 23.6 Å². The predicted molar refractivity (Wildman–Crippen MR) is 170 cm³/mol. The smallest absolute Gasteiger partial charge is 0.263 e. The first-order valence-electron chi connectivity index (χ1n) is 15.7. The van der Waals surface area contributed by atoms with Crippen LogP contribution in [0.2, 0.25) is 5.02 Å². The fourth-order valence-corrected chi connectivity index (χ4v) is 8.72. The maximum absolute atomic E-state index is 15.3. The highest BCUT2D eigenvalue weighted by molar-refractivity contribution is 7.84. The van der Waals surface area contributed by atoms with Crippen LogP contribution in [0.15, 0.2) is 35.9 Å². The van der Waals surface area contributed by atoms with Crippen molar-refractivity contribution in [3.63, 3.8) is 0 Å². The molecule has 8 atom stereocenters. The molecule has 5 aliphatic rings. The summed E-state index contributed by atoms with van der Waals surface area (Å²) in [6.45, 7) is 7.32. The first kappa shape index (κ1) is 31.5. The second-order valence-electron chi connectivity index (χ2n) is 13.0. The lowest BCUT2D eigenvalue weighted by Crippen LogP contribution is -2.47. The largest absolute Gasteiger partial charge is 0.491 e. The minimum absolute atomic E-state index is 0.0195. The summed E-state index contributed by atoms with van der Waals surface area (Å²) < 4.78 is 58.6. The normalized spacial score (nSPS) is 31.8. The first-order chi connectivity index (χ1) is 21.1. The molecule has 3 heterocycles. The standard InChI is InChI=1S/C34H41ClF2N2O4S/c1-5-6-26-27(14-28(36)31(35)32(26)37)24-16-39-15-21-7-9-25(21)33(42-4)23-11-22(12-23)18(2)19(3)44(41)38-34(40)20-8-10-30(43-17-24)29(39)13-20/h8,10-11,13-14,18-19,21-22,24-25,33H,5-7,9,12,15-17H2,1-4H3,(H,38,40). The minimum atomic E-state index is -1.57. The van der Waals surface area contributed by atoms with Gasteiger partial charge in [0.2, 0.25) is 0 Å². The lowest BCUT2D eigenvalue weighted by molar-refractivity contribution is -0.000236. The Morgan fingerprint density at radius 1 is 1.18 bits per heavy atom. The summed E-state index contributed by atoms with van der Waals surface area (Å²) in [6.07, 6.45) is 6.40. The minimum Gasteiger partial charge on any atom is -0.491 e. The van der Waals surface area contributed by atoms with Crippen LogP contribution in [-0.4, -0.2) is 48.3 Å². The Balaban J connectivity index is 1.41. The molecule has 2 aromatic rings. The van der Waals surface area contributed by atoms with Gasteiger partial charge in [-0.1, -0.05) is 37.9 Å². The van der Waals surface area contributed by atoms with Crippen molar-refractivity contribution in [3.8, 4) is 5.75 Å². The van der Waals surface area contributed by atoms with Gasteiger partial charge in [-0.2, -0.15) is 0 Å². The zero-order valence-corrected chi connectivity index (χ0v) is 27.3. The van der Waals surface area contributed by atoms with Crippen LogP contribution in [-0.2, 0) is 22.1 Å². The van der Waals surface area contributed by atoms with Crippen LogP contribution in [0.5, 0.6) is 5.75 Å². The molecule has 0 spiro atoms. The van der Waals surface area contributed by atoms with E-state index in [1.54, 1.807) is 25.3 Å². The number of anilines is 1. The van der Waals surface area contributed by atoms with Gasteiger partial charge in [-0.15, -0.1) is 0 Å². The van der Waals surface area contributed by atoms with Crippen LogP contribution in [0.25, 0.3) is 0 Å². The third-order valence-corrected chi connectivity index (χ3v) is 12.3. The van der Waals surface area contributed by atoms with Gasteiger partial charge in [0.15, 0.2) is 0 Å². The van der Waals surface area contributed by atoms with Crippen LogP contribution in [0.4, 0.5) is 14.5 Å². The van der Waals surface area contributed by atoms with Crippen LogP contribution in [0.1, 0.15) is 73.9 Å². The van der Waals surface area contributed by atoms with E-state index in [1.807, 2.05) is 13.8 Å². The van der Waals surface area contributed by atoms with Crippen molar-refractivity contribution in [3.05, 3.63) is 69.3 Å². The molecule has 10 heteroatoms. The third-order valence-electron chi connectivity index (χ3n) is 10.5. The molecule has 238 valence electrons. The maximum atomic E-state index is 15.3. The number of hydrogen-bond donors (Lipinski definition) is 1. The van der Waals surface area contributed by atoms with E-state index < -0.39 is 33.5 Å². The van der Waals surface area contributed by atoms with Crippen molar-refractivity contribution >= 4 is 34.2 Å². The number of nitrogens with zero attached hydrogens (tertiary/aromatic N) is 1. The molecule has 1 saturated carbocycles. The van der Waals surface area contributed by atoms with Gasteiger partial charge in [0, 0.05) is 31.7 Å². The van der Waals surface area contributed by atoms with E-state index in [2.05, 4.69) is 22.6 Å². The summed E-state index contributed by atoms with van der Waals surface area (Å²) in [5, 5.41) is -0.710. The maximum Gasteiger partial charge on any atom is 0.263 e. The number of rotatable bonds is 4. The molecule has 44 heavy (non-hydrogen) atoms. The molecule has 6 nitrogen and oxygen atoms in total. The molecule has 1 amide bonds. The summed E-state index contributed by atoms with van der Waals surface area (Å²) >= 11 is 6.01. The third kappa shape index (κ3) is 5.69. The zero-order valence-electron chi connectivity index (χ0n) is 25.7. The number of allylic oxidation sites excluding steroid dienone is 1. The van der Waals surface area contributed by atoms with E-state index in [0.29, 0.717) is 60.2 Å². The summed E-state index contributed by atoms with van der Waals surface area (Å²) in [6, 6.07) is 6.60. The average Bonchev–Trinajstić information content (AvgIpc) is 3.16. The average molecular weight is 647 g/mol. The second-order valence-corrected chi connectivity index (χ2v) is 14.9. The van der Waals surface area contributed by atoms with Crippen LogP contribution in [0.3, 0.4) is 0 Å². The number of amides is 1. The van der Waals surface area contributed by atoms with Crippen molar-refractivity contribution in [1.29, 1.82) is 0 Å². The first-order valence-corrected chi connectivity index (χ1v) is 17.3. The number of ether oxygens (including phenoxy) is 2. The Bertz CT molecular complexity index is 1500. The van der Waals surface area contributed by atoms with Gasteiger partial charge >= 0.3 is 0 Å². The molecule has 8 unspecified atom stereocenters. The zero-order chi connectivity index (χ0) is 31.3. The highest BCUT2D eigenvalue weighted by Gasteiger charge is 2.44. The molecule has 0 aromatic heterocycles. The van der Waals surface area contributed by atoms with E-state index in [4.69, 9.17) is 21.1 Å². The number of nitrogens with one attached hydrogen (secondary N) is 1. The van der Waals surface area contributed by atoms with E-state index in [-0.39, 0.29) is 35.7 Å². The number of carbonyl (C=O) groups excluding carboxylic acids is 1. The molecular weight excluding hydrogens is 606 g/mol. The van der Waals surface area contributed by atoms with Crippen LogP contribution >= 0.6 is 11.6 Å². The topological polar surface area (TPSA) is 67.9 Å². The van der Waals surface area contributed by atoms with Crippen molar-refractivity contribution in [2.75, 3.05) is 31.7 Å². The number of carbonyl (C=O) groups is 1. The molecule has 0 radical (unpaired) electrons. The number of benzene rings is 2. The summed E-state index contributed by atoms with van der Waals surface area (Å²) in [4.78, 5) is 15.6. The highest BCUT2D eigenvalue weighted by atomic mass is 35.5. The Kier molecular flexibility index (Phi) is 9.10. The highest BCUT2D eigenvalue weighted by Crippen LogP contribution is 2.48. The van der Waals surface area contributed by atoms with Crippen LogP contribution in [0, 0.1) is 35.3 Å². The molecule has 1 N–H and O–H groups in total. The molecule has 2 aliphatic carbocycles. The summed E-state index contributed by atoms with van der Waals surface area (Å²) in [5.41, 5.74) is 3.41. The second kappa shape index (κ2) is 12.7. The lowest BCUT2D eigenvalue weighted by atomic mass is 9.64. The fraction of sp³-hybridized carbons (Fsp3) is 0.559. The number of methoxy groups -OCH3 is 1. The molecule has 1 fully saturated rings. The predicted octanol–water partition coefficient (Wildman–Crippen LogP) is 6.97. The van der Waals surface area contributed by atoms with Gasteiger partial charge in [0.1, 0.15) is 33.4 Å². The molecule has 0 saturated heterocycles. The lowest BCUT2D eigenvalue weighted by Gasteiger charge is -2.47. The Morgan fingerprint density at radius 3 is 2.64 bits per heavy atom. The molecule has 7 rings (SSSR count). The van der Waals surface area contributed by atoms with Crippen molar-refractivity contribution in [2.24, 2.45) is 23.7 Å². The van der Waals surface area contributed by atoms with Crippen molar-refractivity contribution in [2.45, 2.75) is 70.1 Å². The Morgan fingerprint density at radius 2 is 1.95 bits per heavy atom. The fourth-order valence-electron chi connectivity index (χ4n) is 7.47. The molecule has 2 aromatic carbocycles. The SMILES string of the molecule is CCCc1c(C2COc3ccc4cc3N(C2)CC2CCC2C(OC)C2=CC(C2)C(C)C(C)S(=O)NC4=O)cc(F)c(Cl)c1F. The van der Waals surface area contributed by atoms with E-state index in [0.717, 1.165) is 24.9 Å². The van der Waals surface area contributed by atoms with E-state index >= 15 is 4.39 Å². The summed E-state index contributed by atoms with van der Waals surface area (Å²) in [7, 11) is 0.208. The van der Waals surface area contributed by atoms with Gasteiger partial charge in [-0.25, -0.2) is 13.0 Å². The van der Waals surface area contributed by atoms with Gasteiger partial charge in [0.25, 0.3) is 5.91 Å². The van der Waals surface area contributed by atoms with Crippen molar-refractivity contribution in [1.82, 2.24) is 4.72 Å². The summed E-state index contributed by atoms with van der Waals surface area (Å²) in [5.74, 6) is -0.543. The Hall–Kier alpha value is -2.49. The van der Waals surface area contributed by atoms with Crippen molar-refractivity contribution < 1.29 is 27.3 Å². The monoisotopic (exact) mass is 646 g/mol. The molecular formula is C34H41ClF2N2O4S. The van der Waals surface area contributed by atoms with Crippen LogP contribution < -0.4 is 14.4 Å².